The molecule has 0 aliphatic rings. The van der Waals surface area contributed by atoms with Crippen LogP contribution in [0.4, 0.5) is 8.78 Å². The van der Waals surface area contributed by atoms with Gasteiger partial charge in [0.25, 0.3) is 12.3 Å². The molecule has 4 heterocycles. The van der Waals surface area contributed by atoms with E-state index in [4.69, 9.17) is 14.2 Å². The summed E-state index contributed by atoms with van der Waals surface area (Å²) < 4.78 is 41.7. The third-order valence-corrected chi connectivity index (χ3v) is 4.53. The smallest absolute Gasteiger partial charge is 0.272 e. The number of fused-ring (bicyclic) bond motifs is 1. The molecule has 0 amide bonds. The van der Waals surface area contributed by atoms with Crippen molar-refractivity contribution in [1.82, 2.24) is 19.5 Å². The molecule has 0 atom stereocenters. The van der Waals surface area contributed by atoms with Crippen LogP contribution < -0.4 is 14.2 Å². The molecule has 10 heteroatoms. The van der Waals surface area contributed by atoms with Crippen molar-refractivity contribution in [3.8, 4) is 40.3 Å². The van der Waals surface area contributed by atoms with Gasteiger partial charge in [0.1, 0.15) is 0 Å². The van der Waals surface area contributed by atoms with Crippen LogP contribution >= 0.6 is 0 Å². The van der Waals surface area contributed by atoms with Crippen LogP contribution in [0.15, 0.2) is 48.9 Å². The summed E-state index contributed by atoms with van der Waals surface area (Å²) in [6.07, 6.45) is 2.05. The standard InChI is InChI=1S/C21H18F2N4O4/c1-29-17-7-12(9-25-20(17)30-2)15-4-3-14-16(26-15)10-27(21(14)28)13-5-6-24-19(8-13)31-11-18(22)23/h3-10,18,28H,11H2,1-2H3. The number of halogens is 2. The summed E-state index contributed by atoms with van der Waals surface area (Å²) in [6, 6.07) is 8.31. The van der Waals surface area contributed by atoms with Gasteiger partial charge < -0.3 is 19.3 Å². The first-order valence-electron chi connectivity index (χ1n) is 9.17. The molecule has 0 bridgehead atoms. The van der Waals surface area contributed by atoms with Crippen molar-refractivity contribution in [3.05, 3.63) is 48.9 Å². The van der Waals surface area contributed by atoms with E-state index in [9.17, 15) is 13.9 Å². The fourth-order valence-electron chi connectivity index (χ4n) is 3.08. The first-order chi connectivity index (χ1) is 15.0. The molecule has 4 aromatic heterocycles. The number of rotatable bonds is 7. The SMILES string of the molecule is COc1cc(-c2ccc3c(O)n(-c4ccnc(OCC(F)F)c4)cc3n2)cnc1OC. The average molecular weight is 428 g/mol. The Bertz CT molecular complexity index is 1230. The van der Waals surface area contributed by atoms with Crippen LogP contribution in [0.1, 0.15) is 0 Å². The van der Waals surface area contributed by atoms with Gasteiger partial charge in [0.15, 0.2) is 12.4 Å². The van der Waals surface area contributed by atoms with Crippen molar-refractivity contribution in [3.63, 3.8) is 0 Å². The summed E-state index contributed by atoms with van der Waals surface area (Å²) >= 11 is 0. The Kier molecular flexibility index (Phi) is 5.52. The van der Waals surface area contributed by atoms with Crippen molar-refractivity contribution >= 4 is 10.9 Å². The second-order valence-electron chi connectivity index (χ2n) is 6.44. The van der Waals surface area contributed by atoms with E-state index in [0.717, 1.165) is 0 Å². The van der Waals surface area contributed by atoms with Crippen molar-refractivity contribution in [2.45, 2.75) is 6.43 Å². The summed E-state index contributed by atoms with van der Waals surface area (Å²) in [4.78, 5) is 12.7. The van der Waals surface area contributed by atoms with Gasteiger partial charge in [-0.2, -0.15) is 0 Å². The quantitative estimate of drug-likeness (QED) is 0.478. The highest BCUT2D eigenvalue weighted by molar-refractivity contribution is 5.87. The number of nitrogens with zero attached hydrogens (tertiary/aromatic N) is 4. The third-order valence-electron chi connectivity index (χ3n) is 4.53. The number of methoxy groups -OCH3 is 2. The minimum atomic E-state index is -2.61. The number of alkyl halides is 2. The Labute approximate surface area is 175 Å². The van der Waals surface area contributed by atoms with E-state index < -0.39 is 13.0 Å². The molecule has 0 saturated heterocycles. The van der Waals surface area contributed by atoms with Crippen molar-refractivity contribution < 1.29 is 28.1 Å². The zero-order valence-corrected chi connectivity index (χ0v) is 16.6. The Morgan fingerprint density at radius 2 is 1.94 bits per heavy atom. The number of aromatic nitrogens is 4. The van der Waals surface area contributed by atoms with Crippen molar-refractivity contribution in [2.75, 3.05) is 20.8 Å². The van der Waals surface area contributed by atoms with Gasteiger partial charge in [-0.1, -0.05) is 0 Å². The Morgan fingerprint density at radius 1 is 1.10 bits per heavy atom. The Morgan fingerprint density at radius 3 is 2.68 bits per heavy atom. The van der Waals surface area contributed by atoms with Gasteiger partial charge in [-0.3, -0.25) is 4.57 Å². The van der Waals surface area contributed by atoms with Crippen LogP contribution in [0.25, 0.3) is 27.8 Å². The predicted octanol–water partition coefficient (Wildman–Crippen LogP) is 3.85. The minimum Gasteiger partial charge on any atom is -0.494 e. The molecule has 0 unspecified atom stereocenters. The van der Waals surface area contributed by atoms with Crippen LogP contribution in [0.5, 0.6) is 23.4 Å². The van der Waals surface area contributed by atoms with E-state index in [1.165, 1.54) is 31.0 Å². The second-order valence-corrected chi connectivity index (χ2v) is 6.44. The molecule has 31 heavy (non-hydrogen) atoms. The molecule has 0 spiro atoms. The molecule has 4 rings (SSSR count). The lowest BCUT2D eigenvalue weighted by molar-refractivity contribution is 0.0796. The number of pyridine rings is 3. The summed E-state index contributed by atoms with van der Waals surface area (Å²) in [7, 11) is 3.02. The highest BCUT2D eigenvalue weighted by Crippen LogP contribution is 2.33. The summed E-state index contributed by atoms with van der Waals surface area (Å²) in [5.74, 6) is 0.805. The first kappa shape index (κ1) is 20.3. The number of aromatic hydroxyl groups is 1. The third kappa shape index (κ3) is 4.04. The molecule has 0 radical (unpaired) electrons. The number of ether oxygens (including phenoxy) is 3. The van der Waals surface area contributed by atoms with E-state index in [-0.39, 0.29) is 11.8 Å². The van der Waals surface area contributed by atoms with Crippen molar-refractivity contribution in [1.29, 1.82) is 0 Å². The lowest BCUT2D eigenvalue weighted by Gasteiger charge is -2.08. The lowest BCUT2D eigenvalue weighted by Crippen LogP contribution is -2.08. The second kappa shape index (κ2) is 8.42. The maximum atomic E-state index is 12.4. The van der Waals surface area contributed by atoms with E-state index in [1.54, 1.807) is 36.7 Å². The minimum absolute atomic E-state index is 0.0278. The maximum Gasteiger partial charge on any atom is 0.272 e. The molecule has 8 nitrogen and oxygen atoms in total. The average Bonchev–Trinajstić information content (AvgIpc) is 3.13. The van der Waals surface area contributed by atoms with Gasteiger partial charge in [-0.05, 0) is 24.3 Å². The Balaban J connectivity index is 1.71. The molecular formula is C21H18F2N4O4. The van der Waals surface area contributed by atoms with Crippen LogP contribution in [0.2, 0.25) is 0 Å². The van der Waals surface area contributed by atoms with Crippen molar-refractivity contribution in [2.24, 2.45) is 0 Å². The molecule has 0 fully saturated rings. The van der Waals surface area contributed by atoms with E-state index in [0.29, 0.717) is 39.5 Å². The van der Waals surface area contributed by atoms with Gasteiger partial charge in [0, 0.05) is 30.2 Å². The van der Waals surface area contributed by atoms with Gasteiger partial charge in [0.05, 0.1) is 36.5 Å². The molecule has 4 aromatic rings. The zero-order chi connectivity index (χ0) is 22.0. The molecule has 160 valence electrons. The van der Waals surface area contributed by atoms with Crippen LogP contribution in [0, 0.1) is 0 Å². The van der Waals surface area contributed by atoms with E-state index in [1.807, 2.05) is 0 Å². The summed E-state index contributed by atoms with van der Waals surface area (Å²) in [6.45, 7) is -0.764. The Hall–Kier alpha value is -3.95. The molecule has 0 aliphatic carbocycles. The van der Waals surface area contributed by atoms with Gasteiger partial charge in [-0.15, -0.1) is 0 Å². The molecule has 0 aromatic carbocycles. The highest BCUT2D eigenvalue weighted by atomic mass is 19.3. The van der Waals surface area contributed by atoms with Crippen LogP contribution in [-0.2, 0) is 0 Å². The molecular weight excluding hydrogens is 410 g/mol. The highest BCUT2D eigenvalue weighted by Gasteiger charge is 2.15. The molecule has 0 aliphatic heterocycles. The van der Waals surface area contributed by atoms with Gasteiger partial charge in [-0.25, -0.2) is 23.7 Å². The van der Waals surface area contributed by atoms with E-state index in [2.05, 4.69) is 15.0 Å². The fourth-order valence-corrected chi connectivity index (χ4v) is 3.08. The topological polar surface area (TPSA) is 91.5 Å². The normalized spacial score (nSPS) is 11.1. The van der Waals surface area contributed by atoms with Crippen LogP contribution in [-0.4, -0.2) is 51.9 Å². The first-order valence-corrected chi connectivity index (χ1v) is 9.17. The predicted molar refractivity (Wildman–Crippen MR) is 108 cm³/mol. The number of hydrogen-bond donors (Lipinski definition) is 1. The van der Waals surface area contributed by atoms with Gasteiger partial charge in [0.2, 0.25) is 11.8 Å². The molecule has 1 N–H and O–H groups in total. The fraction of sp³-hybridized carbons (Fsp3) is 0.190. The summed E-state index contributed by atoms with van der Waals surface area (Å²) in [5.41, 5.74) is 2.34. The monoisotopic (exact) mass is 428 g/mol. The van der Waals surface area contributed by atoms with Gasteiger partial charge >= 0.3 is 0 Å². The maximum absolute atomic E-state index is 12.4. The molecule has 0 saturated carbocycles. The largest absolute Gasteiger partial charge is 0.494 e. The number of hydrogen-bond acceptors (Lipinski definition) is 7. The lowest BCUT2D eigenvalue weighted by atomic mass is 10.1. The van der Waals surface area contributed by atoms with Crippen LogP contribution in [0.3, 0.4) is 0 Å². The summed E-state index contributed by atoms with van der Waals surface area (Å²) in [5, 5.41) is 11.2. The van der Waals surface area contributed by atoms with E-state index >= 15 is 0 Å². The zero-order valence-electron chi connectivity index (χ0n) is 16.6.